The van der Waals surface area contributed by atoms with E-state index in [0.717, 1.165) is 42.2 Å². The first kappa shape index (κ1) is 18.8. The van der Waals surface area contributed by atoms with Crippen LogP contribution in [0, 0.1) is 6.92 Å². The van der Waals surface area contributed by atoms with Crippen molar-refractivity contribution in [2.75, 3.05) is 21.3 Å². The Kier molecular flexibility index (Phi) is 5.03. The van der Waals surface area contributed by atoms with Gasteiger partial charge in [0, 0.05) is 20.9 Å². The number of hydrogen-bond donors (Lipinski definition) is 1. The van der Waals surface area contributed by atoms with Crippen molar-refractivity contribution >= 4 is 38.2 Å². The highest BCUT2D eigenvalue weighted by molar-refractivity contribution is 9.10. The van der Waals surface area contributed by atoms with Gasteiger partial charge in [-0.1, -0.05) is 15.9 Å². The van der Waals surface area contributed by atoms with E-state index in [9.17, 15) is 0 Å². The molecule has 28 heavy (non-hydrogen) atoms. The van der Waals surface area contributed by atoms with Crippen LogP contribution in [0.1, 0.15) is 5.69 Å². The van der Waals surface area contributed by atoms with Gasteiger partial charge in [-0.3, -0.25) is 0 Å². The van der Waals surface area contributed by atoms with E-state index in [-0.39, 0.29) is 0 Å². The fourth-order valence-corrected chi connectivity index (χ4v) is 4.60. The predicted octanol–water partition coefficient (Wildman–Crippen LogP) is 6.06. The Balaban J connectivity index is 1.81. The summed E-state index contributed by atoms with van der Waals surface area (Å²) in [4.78, 5) is 9.38. The van der Waals surface area contributed by atoms with Gasteiger partial charge in [0.1, 0.15) is 5.01 Å². The molecule has 0 fully saturated rings. The number of rotatable bonds is 5. The van der Waals surface area contributed by atoms with Crippen LogP contribution in [0.2, 0.25) is 0 Å². The molecule has 0 radical (unpaired) electrons. The number of methoxy groups -OCH3 is 3. The molecule has 7 heteroatoms. The molecule has 0 unspecified atom stereocenters. The highest BCUT2D eigenvalue weighted by Crippen LogP contribution is 2.43. The third-order valence-corrected chi connectivity index (χ3v) is 6.27. The molecular weight excluding hydrogens is 440 g/mol. The zero-order valence-corrected chi connectivity index (χ0v) is 18.3. The van der Waals surface area contributed by atoms with Crippen LogP contribution in [0.25, 0.3) is 32.0 Å². The van der Waals surface area contributed by atoms with Gasteiger partial charge in [-0.15, -0.1) is 11.3 Å². The molecule has 0 aliphatic heterocycles. The highest BCUT2D eigenvalue weighted by Gasteiger charge is 2.18. The second-order valence-electron chi connectivity index (χ2n) is 6.26. The summed E-state index contributed by atoms with van der Waals surface area (Å²) in [6.07, 6.45) is 0. The molecule has 1 N–H and O–H groups in total. The first-order valence-electron chi connectivity index (χ1n) is 8.60. The Morgan fingerprint density at radius 2 is 1.68 bits per heavy atom. The number of hydrogen-bond acceptors (Lipinski definition) is 5. The summed E-state index contributed by atoms with van der Waals surface area (Å²) in [5.41, 5.74) is 4.05. The van der Waals surface area contributed by atoms with Gasteiger partial charge in [-0.05, 0) is 43.3 Å². The Hall–Kier alpha value is -2.51. The van der Waals surface area contributed by atoms with Crippen molar-refractivity contribution in [2.45, 2.75) is 6.92 Å². The monoisotopic (exact) mass is 458 g/mol. The Morgan fingerprint density at radius 3 is 2.32 bits per heavy atom. The van der Waals surface area contributed by atoms with Gasteiger partial charge >= 0.3 is 0 Å². The smallest absolute Gasteiger partial charge is 0.203 e. The summed E-state index contributed by atoms with van der Waals surface area (Å²) in [6, 6.07) is 12.2. The molecule has 2 aromatic heterocycles. The largest absolute Gasteiger partial charge is 0.493 e. The van der Waals surface area contributed by atoms with E-state index in [1.807, 2.05) is 25.1 Å². The van der Waals surface area contributed by atoms with Crippen molar-refractivity contribution in [3.05, 3.63) is 46.6 Å². The second kappa shape index (κ2) is 7.48. The van der Waals surface area contributed by atoms with Crippen LogP contribution in [0.5, 0.6) is 17.2 Å². The molecule has 2 heterocycles. The van der Waals surface area contributed by atoms with Gasteiger partial charge in [-0.2, -0.15) is 0 Å². The van der Waals surface area contributed by atoms with Crippen LogP contribution in [-0.4, -0.2) is 31.3 Å². The van der Waals surface area contributed by atoms with Gasteiger partial charge in [0.15, 0.2) is 11.5 Å². The molecule has 0 atom stereocenters. The fraction of sp³-hybridized carbons (Fsp3) is 0.190. The van der Waals surface area contributed by atoms with Gasteiger partial charge in [0.2, 0.25) is 5.75 Å². The average molecular weight is 459 g/mol. The van der Waals surface area contributed by atoms with E-state index in [0.29, 0.717) is 17.2 Å². The van der Waals surface area contributed by atoms with E-state index in [1.54, 1.807) is 32.7 Å². The summed E-state index contributed by atoms with van der Waals surface area (Å²) in [6.45, 7) is 2.02. The third kappa shape index (κ3) is 3.25. The number of aromatic nitrogens is 2. The number of ether oxygens (including phenoxy) is 3. The maximum Gasteiger partial charge on any atom is 0.203 e. The van der Waals surface area contributed by atoms with Crippen LogP contribution >= 0.6 is 27.3 Å². The van der Waals surface area contributed by atoms with Crippen LogP contribution in [-0.2, 0) is 0 Å². The Morgan fingerprint density at radius 1 is 0.964 bits per heavy atom. The lowest BCUT2D eigenvalue weighted by Gasteiger charge is -2.13. The van der Waals surface area contributed by atoms with Gasteiger partial charge in [0.25, 0.3) is 0 Å². The second-order valence-corrected chi connectivity index (χ2v) is 8.18. The molecule has 0 spiro atoms. The van der Waals surface area contributed by atoms with Crippen LogP contribution in [0.4, 0.5) is 0 Å². The van der Waals surface area contributed by atoms with E-state index >= 15 is 0 Å². The highest BCUT2D eigenvalue weighted by atomic mass is 79.9. The van der Waals surface area contributed by atoms with E-state index in [2.05, 4.69) is 39.1 Å². The molecule has 0 aliphatic rings. The molecule has 2 aromatic carbocycles. The number of nitrogens with one attached hydrogen (secondary N) is 1. The van der Waals surface area contributed by atoms with Gasteiger partial charge in [0.05, 0.1) is 37.6 Å². The Bertz CT molecular complexity index is 1140. The first-order valence-corrected chi connectivity index (χ1v) is 10.2. The molecular formula is C21H19BrN2O3S. The molecule has 0 saturated heterocycles. The van der Waals surface area contributed by atoms with Crippen LogP contribution < -0.4 is 14.2 Å². The van der Waals surface area contributed by atoms with E-state index < -0.39 is 0 Å². The fourth-order valence-electron chi connectivity index (χ4n) is 3.20. The van der Waals surface area contributed by atoms with E-state index in [1.165, 1.54) is 0 Å². The number of halogens is 1. The normalized spacial score (nSPS) is 11.0. The molecule has 0 bridgehead atoms. The molecule has 0 amide bonds. The van der Waals surface area contributed by atoms with Crippen molar-refractivity contribution in [1.29, 1.82) is 0 Å². The minimum atomic E-state index is 0.573. The van der Waals surface area contributed by atoms with Gasteiger partial charge < -0.3 is 19.2 Å². The third-order valence-electron chi connectivity index (χ3n) is 4.54. The van der Waals surface area contributed by atoms with Crippen molar-refractivity contribution in [3.63, 3.8) is 0 Å². The van der Waals surface area contributed by atoms with Crippen molar-refractivity contribution < 1.29 is 14.2 Å². The summed E-state index contributed by atoms with van der Waals surface area (Å²) in [5.74, 6) is 1.80. The number of H-pyrrole nitrogens is 1. The maximum absolute atomic E-state index is 5.47. The van der Waals surface area contributed by atoms with Crippen molar-refractivity contribution in [1.82, 2.24) is 9.97 Å². The predicted molar refractivity (Wildman–Crippen MR) is 117 cm³/mol. The number of aryl methyl sites for hydroxylation is 1. The maximum atomic E-state index is 5.47. The van der Waals surface area contributed by atoms with E-state index in [4.69, 9.17) is 19.2 Å². The van der Waals surface area contributed by atoms with Crippen LogP contribution in [0.15, 0.2) is 40.9 Å². The molecule has 0 aliphatic carbocycles. The lowest BCUT2D eigenvalue weighted by molar-refractivity contribution is 0.324. The lowest BCUT2D eigenvalue weighted by atomic mass is 10.2. The molecule has 4 rings (SSSR count). The lowest BCUT2D eigenvalue weighted by Crippen LogP contribution is -1.95. The quantitative estimate of drug-likeness (QED) is 0.395. The number of fused-ring (bicyclic) bond motifs is 1. The molecule has 144 valence electrons. The first-order chi connectivity index (χ1) is 13.5. The topological polar surface area (TPSA) is 56.4 Å². The zero-order chi connectivity index (χ0) is 19.8. The summed E-state index contributed by atoms with van der Waals surface area (Å²) >= 11 is 5.16. The number of nitrogens with zero attached hydrogens (tertiary/aromatic N) is 1. The number of aromatic amines is 1. The molecule has 4 aromatic rings. The van der Waals surface area contributed by atoms with Crippen molar-refractivity contribution in [2.24, 2.45) is 0 Å². The number of benzene rings is 2. The van der Waals surface area contributed by atoms with Gasteiger partial charge in [-0.25, -0.2) is 4.98 Å². The van der Waals surface area contributed by atoms with Crippen molar-refractivity contribution in [3.8, 4) is 38.4 Å². The van der Waals surface area contributed by atoms with Crippen LogP contribution in [0.3, 0.4) is 0 Å². The standard InChI is InChI=1S/C21H19BrN2O3S/c1-11-20(16-8-12-7-14(22)5-6-15(12)24-16)28-21(23-11)13-9-17(25-2)19(27-4)18(10-13)26-3/h5-10,24H,1-4H3. The molecule has 5 nitrogen and oxygen atoms in total. The Labute approximate surface area is 175 Å². The zero-order valence-electron chi connectivity index (χ0n) is 15.9. The summed E-state index contributed by atoms with van der Waals surface area (Å²) in [5, 5.41) is 2.05. The summed E-state index contributed by atoms with van der Waals surface area (Å²) < 4.78 is 17.4. The molecule has 0 saturated carbocycles. The SMILES string of the molecule is COc1cc(-c2nc(C)c(-c3cc4cc(Br)ccc4[nH]3)s2)cc(OC)c1OC. The average Bonchev–Trinajstić information content (AvgIpc) is 3.29. The minimum Gasteiger partial charge on any atom is -0.493 e. The minimum absolute atomic E-state index is 0.573. The summed E-state index contributed by atoms with van der Waals surface area (Å²) in [7, 11) is 4.82. The number of thiazole rings is 1.